The zero-order chi connectivity index (χ0) is 32.8. The van der Waals surface area contributed by atoms with Gasteiger partial charge in [0.1, 0.15) is 12.6 Å². The van der Waals surface area contributed by atoms with Crippen LogP contribution in [0.1, 0.15) is 43.0 Å². The summed E-state index contributed by atoms with van der Waals surface area (Å²) < 4.78 is 30.3. The highest BCUT2D eigenvalue weighted by molar-refractivity contribution is 9.10. The Balaban J connectivity index is 1.82. The summed E-state index contributed by atoms with van der Waals surface area (Å²) in [6, 6.07) is 29.7. The fourth-order valence-corrected chi connectivity index (χ4v) is 6.84. The van der Waals surface area contributed by atoms with E-state index in [0.717, 1.165) is 31.0 Å². The molecule has 0 unspecified atom stereocenters. The van der Waals surface area contributed by atoms with Gasteiger partial charge in [0, 0.05) is 23.0 Å². The van der Waals surface area contributed by atoms with Gasteiger partial charge in [0.2, 0.25) is 11.8 Å². The Hall–Kier alpha value is -3.95. The van der Waals surface area contributed by atoms with Crippen molar-refractivity contribution in [3.05, 3.63) is 130 Å². The number of anilines is 1. The van der Waals surface area contributed by atoms with Crippen molar-refractivity contribution in [1.29, 1.82) is 0 Å². The summed E-state index contributed by atoms with van der Waals surface area (Å²) in [6.07, 6.45) is 0.248. The van der Waals surface area contributed by atoms with Crippen molar-refractivity contribution in [3.8, 4) is 0 Å². The maximum absolute atomic E-state index is 14.6. The number of rotatable bonds is 11. The van der Waals surface area contributed by atoms with E-state index in [-0.39, 0.29) is 23.8 Å². The average Bonchev–Trinajstić information content (AvgIpc) is 2.97. The standard InChI is InChI=1S/C36H40BrN3O4S/c1-26-17-19-32(20-18-26)45(43,44)40(31-16-9-11-27(2)21-31)25-34(41)39(24-29-14-10-15-30(37)22-29)33(35(42)38-36(3,4)5)23-28-12-7-6-8-13-28/h6-22,33H,23-25H2,1-5H3,(H,38,42)/t33-/m0/s1. The Labute approximate surface area is 275 Å². The van der Waals surface area contributed by atoms with E-state index in [1.165, 1.54) is 4.90 Å². The van der Waals surface area contributed by atoms with Crippen LogP contribution in [0.25, 0.3) is 0 Å². The second-order valence-corrected chi connectivity index (χ2v) is 15.0. The quantitative estimate of drug-likeness (QED) is 0.187. The van der Waals surface area contributed by atoms with Gasteiger partial charge in [-0.25, -0.2) is 8.42 Å². The first-order valence-electron chi connectivity index (χ1n) is 14.8. The number of hydrogen-bond donors (Lipinski definition) is 1. The molecule has 4 aromatic carbocycles. The van der Waals surface area contributed by atoms with Crippen LogP contribution in [0.2, 0.25) is 0 Å². The van der Waals surface area contributed by atoms with Crippen LogP contribution in [0.3, 0.4) is 0 Å². The normalized spacial score (nSPS) is 12.3. The van der Waals surface area contributed by atoms with E-state index >= 15 is 0 Å². The Bertz CT molecular complexity index is 1740. The highest BCUT2D eigenvalue weighted by atomic mass is 79.9. The number of carbonyl (C=O) groups excluding carboxylic acids is 2. The van der Waals surface area contributed by atoms with E-state index in [1.54, 1.807) is 42.5 Å². The van der Waals surface area contributed by atoms with Gasteiger partial charge in [-0.15, -0.1) is 0 Å². The van der Waals surface area contributed by atoms with Crippen LogP contribution >= 0.6 is 15.9 Å². The molecule has 0 radical (unpaired) electrons. The zero-order valence-corrected chi connectivity index (χ0v) is 28.7. The number of aryl methyl sites for hydroxylation is 2. The summed E-state index contributed by atoms with van der Waals surface area (Å²) >= 11 is 3.51. The lowest BCUT2D eigenvalue weighted by molar-refractivity contribution is -0.140. The molecule has 0 aliphatic rings. The summed E-state index contributed by atoms with van der Waals surface area (Å²) in [5.41, 5.74) is 3.25. The average molecular weight is 691 g/mol. The van der Waals surface area contributed by atoms with E-state index in [1.807, 2.05) is 95.3 Å². The zero-order valence-electron chi connectivity index (χ0n) is 26.3. The molecule has 0 aromatic heterocycles. The molecule has 0 bridgehead atoms. The third kappa shape index (κ3) is 9.28. The van der Waals surface area contributed by atoms with E-state index in [4.69, 9.17) is 0 Å². The molecule has 2 amide bonds. The van der Waals surface area contributed by atoms with E-state index in [9.17, 15) is 18.0 Å². The van der Waals surface area contributed by atoms with Crippen LogP contribution in [0.4, 0.5) is 5.69 Å². The molecule has 0 fully saturated rings. The lowest BCUT2D eigenvalue weighted by atomic mass is 10.0. The first-order valence-corrected chi connectivity index (χ1v) is 17.0. The fraction of sp³-hybridized carbons (Fsp3) is 0.278. The molecule has 0 heterocycles. The highest BCUT2D eigenvalue weighted by Crippen LogP contribution is 2.26. The van der Waals surface area contributed by atoms with Crippen molar-refractivity contribution in [1.82, 2.24) is 10.2 Å². The number of carbonyl (C=O) groups is 2. The highest BCUT2D eigenvalue weighted by Gasteiger charge is 2.35. The van der Waals surface area contributed by atoms with Gasteiger partial charge in [0.25, 0.3) is 10.0 Å². The second kappa shape index (κ2) is 14.4. The minimum Gasteiger partial charge on any atom is -0.350 e. The maximum atomic E-state index is 14.6. The van der Waals surface area contributed by atoms with Crippen LogP contribution in [-0.2, 0) is 32.6 Å². The van der Waals surface area contributed by atoms with Gasteiger partial charge in [-0.3, -0.25) is 13.9 Å². The summed E-state index contributed by atoms with van der Waals surface area (Å²) in [5, 5.41) is 3.05. The minimum absolute atomic E-state index is 0.0762. The van der Waals surface area contributed by atoms with Crippen LogP contribution in [0.5, 0.6) is 0 Å². The van der Waals surface area contributed by atoms with Crippen molar-refractivity contribution in [2.45, 2.75) is 64.1 Å². The fourth-order valence-electron chi connectivity index (χ4n) is 4.99. The first-order chi connectivity index (χ1) is 21.2. The molecule has 0 aliphatic heterocycles. The van der Waals surface area contributed by atoms with E-state index in [0.29, 0.717) is 5.69 Å². The lowest BCUT2D eigenvalue weighted by Gasteiger charge is -2.35. The van der Waals surface area contributed by atoms with Crippen molar-refractivity contribution in [3.63, 3.8) is 0 Å². The topological polar surface area (TPSA) is 86.8 Å². The molecular weight excluding hydrogens is 650 g/mol. The molecule has 4 rings (SSSR count). The van der Waals surface area contributed by atoms with Gasteiger partial charge >= 0.3 is 0 Å². The Morgan fingerprint density at radius 2 is 1.44 bits per heavy atom. The SMILES string of the molecule is Cc1ccc(S(=O)(=O)N(CC(=O)N(Cc2cccc(Br)c2)[C@@H](Cc2ccccc2)C(=O)NC(C)(C)C)c2cccc(C)c2)cc1. The molecule has 7 nitrogen and oxygen atoms in total. The van der Waals surface area contributed by atoms with Crippen molar-refractivity contribution < 1.29 is 18.0 Å². The number of nitrogens with zero attached hydrogens (tertiary/aromatic N) is 2. The Kier molecular flexibility index (Phi) is 10.9. The van der Waals surface area contributed by atoms with Crippen LogP contribution in [-0.4, -0.2) is 43.3 Å². The number of benzene rings is 4. The maximum Gasteiger partial charge on any atom is 0.264 e. The van der Waals surface area contributed by atoms with Crippen LogP contribution in [0, 0.1) is 13.8 Å². The van der Waals surface area contributed by atoms with Crippen molar-refractivity contribution >= 4 is 43.5 Å². The summed E-state index contributed by atoms with van der Waals surface area (Å²) in [4.78, 5) is 30.1. The van der Waals surface area contributed by atoms with E-state index in [2.05, 4.69) is 21.2 Å². The minimum atomic E-state index is -4.15. The molecule has 1 atom stereocenters. The third-order valence-corrected chi connectivity index (χ3v) is 9.47. The van der Waals surface area contributed by atoms with E-state index < -0.39 is 34.1 Å². The lowest BCUT2D eigenvalue weighted by Crippen LogP contribution is -2.56. The molecule has 0 saturated carbocycles. The number of sulfonamides is 1. The number of halogens is 1. The third-order valence-electron chi connectivity index (χ3n) is 7.19. The predicted octanol–water partition coefficient (Wildman–Crippen LogP) is 6.82. The molecule has 0 aliphatic carbocycles. The monoisotopic (exact) mass is 689 g/mol. The van der Waals surface area contributed by atoms with Gasteiger partial charge in [-0.2, -0.15) is 0 Å². The van der Waals surface area contributed by atoms with Gasteiger partial charge < -0.3 is 10.2 Å². The van der Waals surface area contributed by atoms with Gasteiger partial charge in [0.15, 0.2) is 0 Å². The molecular formula is C36H40BrN3O4S. The molecule has 0 spiro atoms. The van der Waals surface area contributed by atoms with Crippen LogP contribution < -0.4 is 9.62 Å². The Morgan fingerprint density at radius 3 is 2.07 bits per heavy atom. The number of amides is 2. The summed E-state index contributed by atoms with van der Waals surface area (Å²) in [7, 11) is -4.15. The van der Waals surface area contributed by atoms with Crippen molar-refractivity contribution in [2.24, 2.45) is 0 Å². The summed E-state index contributed by atoms with van der Waals surface area (Å²) in [5.74, 6) is -0.824. The number of hydrogen-bond acceptors (Lipinski definition) is 4. The molecule has 0 saturated heterocycles. The molecule has 1 N–H and O–H groups in total. The van der Waals surface area contributed by atoms with Crippen molar-refractivity contribution in [2.75, 3.05) is 10.8 Å². The predicted molar refractivity (Wildman–Crippen MR) is 183 cm³/mol. The Morgan fingerprint density at radius 1 is 0.800 bits per heavy atom. The molecule has 9 heteroatoms. The van der Waals surface area contributed by atoms with Crippen LogP contribution in [0.15, 0.2) is 112 Å². The smallest absolute Gasteiger partial charge is 0.264 e. The molecule has 45 heavy (non-hydrogen) atoms. The summed E-state index contributed by atoms with van der Waals surface area (Å²) in [6.45, 7) is 9.01. The first kappa shape index (κ1) is 33.9. The molecule has 4 aromatic rings. The number of nitrogens with one attached hydrogen (secondary N) is 1. The second-order valence-electron chi connectivity index (χ2n) is 12.3. The van der Waals surface area contributed by atoms with Gasteiger partial charge in [-0.05, 0) is 87.7 Å². The van der Waals surface area contributed by atoms with Gasteiger partial charge in [0.05, 0.1) is 10.6 Å². The molecule has 236 valence electrons. The largest absolute Gasteiger partial charge is 0.350 e. The van der Waals surface area contributed by atoms with Gasteiger partial charge in [-0.1, -0.05) is 88.2 Å².